The highest BCUT2D eigenvalue weighted by atomic mass is 16.7. The third kappa shape index (κ3) is 14.3. The van der Waals surface area contributed by atoms with Crippen LogP contribution in [0.15, 0.2) is 0 Å². The summed E-state index contributed by atoms with van der Waals surface area (Å²) in [6.07, 6.45) is -8.62. The molecule has 4 fully saturated rings. The summed E-state index contributed by atoms with van der Waals surface area (Å²) >= 11 is 0. The fraction of sp³-hybridized carbons (Fsp3) is 0.947. The van der Waals surface area contributed by atoms with Crippen LogP contribution in [0.2, 0.25) is 0 Å². The van der Waals surface area contributed by atoms with E-state index in [-0.39, 0.29) is 39.1 Å². The zero-order valence-electron chi connectivity index (χ0n) is 35.4. The van der Waals surface area contributed by atoms with Gasteiger partial charge in [0.05, 0.1) is 24.3 Å². The van der Waals surface area contributed by atoms with E-state index in [9.17, 15) is 40.2 Å². The van der Waals surface area contributed by atoms with Crippen molar-refractivity contribution in [1.82, 2.24) is 10.6 Å². The number of aliphatic hydroxyl groups excluding tert-OH is 6. The van der Waals surface area contributed by atoms with Gasteiger partial charge in [-0.3, -0.25) is 9.59 Å². The maximum atomic E-state index is 12.6. The summed E-state index contributed by atoms with van der Waals surface area (Å²) in [5.41, 5.74) is 48.2. The molecule has 24 N–H and O–H groups in total. The molecule has 0 unspecified atom stereocenters. The number of hydrogen-bond acceptors (Lipinski definition) is 22. The van der Waals surface area contributed by atoms with Crippen LogP contribution in [-0.2, 0) is 38.0 Å². The topological polar surface area (TPSA) is 443 Å². The number of carbonyl (C=O) groups excluding carboxylic acids is 2. The van der Waals surface area contributed by atoms with Gasteiger partial charge >= 0.3 is 0 Å². The van der Waals surface area contributed by atoms with E-state index in [1.807, 2.05) is 0 Å². The number of rotatable bonds is 23. The second-order valence-corrected chi connectivity index (χ2v) is 17.1. The minimum absolute atomic E-state index is 0.103. The zero-order chi connectivity index (χ0) is 45.7. The minimum Gasteiger partial charge on any atom is -0.389 e. The maximum Gasteiger partial charge on any atom is 0.246 e. The fourth-order valence-corrected chi connectivity index (χ4v) is 8.34. The van der Waals surface area contributed by atoms with E-state index in [1.165, 1.54) is 0 Å². The molecular weight excluding hydrogens is 820 g/mol. The lowest BCUT2D eigenvalue weighted by molar-refractivity contribution is -0.290. The molecule has 2 aliphatic heterocycles. The molecule has 62 heavy (non-hydrogen) atoms. The van der Waals surface area contributed by atoms with Crippen molar-refractivity contribution >= 4 is 11.8 Å². The van der Waals surface area contributed by atoms with Crippen LogP contribution in [0.5, 0.6) is 0 Å². The van der Waals surface area contributed by atoms with Crippen molar-refractivity contribution in [1.29, 1.82) is 0 Å². The van der Waals surface area contributed by atoms with Crippen LogP contribution in [0.25, 0.3) is 0 Å². The van der Waals surface area contributed by atoms with Crippen LogP contribution in [0.1, 0.15) is 64.2 Å². The van der Waals surface area contributed by atoms with Crippen molar-refractivity contribution in [2.45, 2.75) is 186 Å². The standard InChI is InChI=1S/C38H76N10O14/c39-13-21-29(53)31(55)25(45)37(59-21)61-33-19(43)11-17(41)27(51)35(33)57-15-23(49)47-9-7-5-3-1-2-4-6-8-10-48-24(50)16-58-36-28(52)18(42)12-20(44)34(36)62-38-26(46)32(56)30(54)22(14-40)60-38/h17-22,25-38,51-56H,1-16,39-46H2,(H,47,49)(H,48,50)/t17-,18-,19+,20+,21-,22-,25-,26-,27+,28+,29-,30-,31-,32-,33-,34-,35-,36-,37-,38-/m1/s1. The van der Waals surface area contributed by atoms with Gasteiger partial charge in [0, 0.05) is 50.3 Å². The third-order valence-electron chi connectivity index (χ3n) is 12.2. The van der Waals surface area contributed by atoms with Crippen molar-refractivity contribution < 1.29 is 68.6 Å². The molecule has 4 rings (SSSR count). The Morgan fingerprint density at radius 1 is 0.484 bits per heavy atom. The summed E-state index contributed by atoms with van der Waals surface area (Å²) in [7, 11) is 0. The summed E-state index contributed by atoms with van der Waals surface area (Å²) < 4.78 is 34.9. The average molecular weight is 897 g/mol. The Labute approximate surface area is 362 Å². The van der Waals surface area contributed by atoms with Crippen LogP contribution in [-0.4, -0.2) is 204 Å². The van der Waals surface area contributed by atoms with Gasteiger partial charge in [-0.25, -0.2) is 0 Å². The van der Waals surface area contributed by atoms with Gasteiger partial charge < -0.3 is 116 Å². The van der Waals surface area contributed by atoms with Crippen LogP contribution >= 0.6 is 0 Å². The minimum atomic E-state index is -1.38. The zero-order valence-corrected chi connectivity index (χ0v) is 35.4. The molecule has 0 bridgehead atoms. The normalized spacial score (nSPS) is 41.5. The van der Waals surface area contributed by atoms with Crippen LogP contribution < -0.4 is 56.5 Å². The van der Waals surface area contributed by atoms with E-state index in [2.05, 4.69) is 10.6 Å². The van der Waals surface area contributed by atoms with E-state index >= 15 is 0 Å². The van der Waals surface area contributed by atoms with Gasteiger partial charge in [0.25, 0.3) is 0 Å². The Morgan fingerprint density at radius 2 is 0.823 bits per heavy atom. The molecule has 2 aliphatic carbocycles. The Hall–Kier alpha value is -1.86. The molecule has 2 saturated carbocycles. The summed E-state index contributed by atoms with van der Waals surface area (Å²) in [6, 6.07) is -5.18. The summed E-state index contributed by atoms with van der Waals surface area (Å²) in [5.74, 6) is -0.791. The predicted molar refractivity (Wildman–Crippen MR) is 221 cm³/mol. The quantitative estimate of drug-likeness (QED) is 0.0424. The summed E-state index contributed by atoms with van der Waals surface area (Å²) in [5, 5.41) is 68.4. The second-order valence-electron chi connectivity index (χ2n) is 17.1. The second kappa shape index (κ2) is 25.7. The van der Waals surface area contributed by atoms with Gasteiger partial charge in [-0.1, -0.05) is 38.5 Å². The number of carbonyl (C=O) groups is 2. The fourth-order valence-electron chi connectivity index (χ4n) is 8.34. The first-order valence-corrected chi connectivity index (χ1v) is 21.9. The molecule has 4 aliphatic rings. The Balaban J connectivity index is 1.05. The van der Waals surface area contributed by atoms with Gasteiger partial charge in [-0.05, 0) is 25.7 Å². The SMILES string of the molecule is NC[C@H]1O[C@H](O[C@H]2[C@H](OCC(=O)NCCCCCCCCCCNC(=O)CO[C@@H]3[C@@H](O)[C@H](N)C[C@H](N)[C@H]3O[C@H]3O[C@H](CN)[C@@H](O)[C@H](O)[C@H]3N)[C@@H](O)[C@H](N)C[C@@H]2N)[C@H](N)[C@@H](O)[C@@H]1O. The number of hydrogen-bond donors (Lipinski definition) is 16. The van der Waals surface area contributed by atoms with E-state index in [4.69, 9.17) is 74.3 Å². The number of unbranched alkanes of at least 4 members (excludes halogenated alkanes) is 7. The molecule has 0 radical (unpaired) electrons. The number of nitrogens with two attached hydrogens (primary N) is 8. The lowest BCUT2D eigenvalue weighted by atomic mass is 9.84. The molecule has 0 aromatic heterocycles. The molecule has 0 aromatic rings. The molecule has 362 valence electrons. The van der Waals surface area contributed by atoms with E-state index < -0.39 is 134 Å². The Morgan fingerprint density at radius 3 is 1.16 bits per heavy atom. The molecule has 2 heterocycles. The monoisotopic (exact) mass is 897 g/mol. The number of nitrogens with one attached hydrogen (secondary N) is 2. The molecule has 24 heteroatoms. The van der Waals surface area contributed by atoms with Gasteiger partial charge in [0.15, 0.2) is 12.6 Å². The van der Waals surface area contributed by atoms with Crippen molar-refractivity contribution in [3.8, 4) is 0 Å². The van der Waals surface area contributed by atoms with Gasteiger partial charge in [-0.2, -0.15) is 0 Å². The first-order valence-electron chi connectivity index (χ1n) is 21.9. The van der Waals surface area contributed by atoms with Gasteiger partial charge in [-0.15, -0.1) is 0 Å². The first-order chi connectivity index (χ1) is 29.5. The lowest BCUT2D eigenvalue weighted by Crippen LogP contribution is -2.68. The first kappa shape index (κ1) is 52.8. The van der Waals surface area contributed by atoms with Crippen molar-refractivity contribution in [2.24, 2.45) is 45.9 Å². The Bertz CT molecular complexity index is 1240. The highest BCUT2D eigenvalue weighted by molar-refractivity contribution is 5.77. The van der Waals surface area contributed by atoms with Crippen molar-refractivity contribution in [3.05, 3.63) is 0 Å². The van der Waals surface area contributed by atoms with E-state index in [1.54, 1.807) is 0 Å². The van der Waals surface area contributed by atoms with Gasteiger partial charge in [0.1, 0.15) is 74.3 Å². The van der Waals surface area contributed by atoms with Crippen molar-refractivity contribution in [2.75, 3.05) is 39.4 Å². The number of ether oxygens (including phenoxy) is 6. The Kier molecular flexibility index (Phi) is 21.9. The highest BCUT2D eigenvalue weighted by Gasteiger charge is 2.50. The molecular formula is C38H76N10O14. The lowest BCUT2D eigenvalue weighted by Gasteiger charge is -2.46. The third-order valence-corrected chi connectivity index (χ3v) is 12.2. The maximum absolute atomic E-state index is 12.6. The number of amides is 2. The molecule has 0 aromatic carbocycles. The summed E-state index contributed by atoms with van der Waals surface area (Å²) in [6.45, 7) is -0.110. The molecule has 2 saturated heterocycles. The molecule has 2 amide bonds. The molecule has 20 atom stereocenters. The van der Waals surface area contributed by atoms with Gasteiger partial charge in [0.2, 0.25) is 11.8 Å². The molecule has 24 nitrogen and oxygen atoms in total. The molecule has 0 spiro atoms. The predicted octanol–water partition coefficient (Wildman–Crippen LogP) is -7.82. The average Bonchev–Trinajstić information content (AvgIpc) is 3.24. The summed E-state index contributed by atoms with van der Waals surface area (Å²) in [4.78, 5) is 25.2. The van der Waals surface area contributed by atoms with Crippen LogP contribution in [0.3, 0.4) is 0 Å². The van der Waals surface area contributed by atoms with Crippen LogP contribution in [0.4, 0.5) is 0 Å². The van der Waals surface area contributed by atoms with Crippen LogP contribution in [0, 0.1) is 0 Å². The van der Waals surface area contributed by atoms with Crippen molar-refractivity contribution in [3.63, 3.8) is 0 Å². The largest absolute Gasteiger partial charge is 0.389 e. The number of aliphatic hydroxyl groups is 6. The highest BCUT2D eigenvalue weighted by Crippen LogP contribution is 2.30. The van der Waals surface area contributed by atoms with E-state index in [0.29, 0.717) is 13.1 Å². The van der Waals surface area contributed by atoms with E-state index in [0.717, 1.165) is 51.4 Å². The smallest absolute Gasteiger partial charge is 0.246 e.